The van der Waals surface area contributed by atoms with Gasteiger partial charge in [0, 0.05) is 0 Å². The van der Waals surface area contributed by atoms with Gasteiger partial charge in [-0.25, -0.2) is 4.79 Å². The number of thiophene rings is 1. The van der Waals surface area contributed by atoms with Crippen LogP contribution in [-0.2, 0) is 16.8 Å². The fraction of sp³-hybridized carbons (Fsp3) is 0.312. The molecule has 2 N–H and O–H groups in total. The summed E-state index contributed by atoms with van der Waals surface area (Å²) in [6.07, 6.45) is 0. The Hall–Kier alpha value is -1.81. The topological polar surface area (TPSA) is 52.3 Å². The molecule has 0 aliphatic heterocycles. The average molecular weight is 289 g/mol. The lowest BCUT2D eigenvalue weighted by molar-refractivity contribution is 0.0479. The van der Waals surface area contributed by atoms with Gasteiger partial charge in [0.25, 0.3) is 0 Å². The minimum Gasteiger partial charge on any atom is -0.457 e. The maximum atomic E-state index is 11.8. The van der Waals surface area contributed by atoms with Crippen LogP contribution in [0.3, 0.4) is 0 Å². The number of hydrogen-bond acceptors (Lipinski definition) is 4. The van der Waals surface area contributed by atoms with Crippen molar-refractivity contribution < 1.29 is 9.53 Å². The predicted molar refractivity (Wildman–Crippen MR) is 83.0 cm³/mol. The van der Waals surface area contributed by atoms with E-state index >= 15 is 0 Å². The lowest BCUT2D eigenvalue weighted by Gasteiger charge is -2.19. The molecule has 0 bridgehead atoms. The van der Waals surface area contributed by atoms with Gasteiger partial charge in [0.05, 0.1) is 5.69 Å². The van der Waals surface area contributed by atoms with Crippen molar-refractivity contribution in [1.82, 2.24) is 0 Å². The second kappa shape index (κ2) is 5.67. The van der Waals surface area contributed by atoms with Gasteiger partial charge in [-0.05, 0) is 28.0 Å². The number of nitrogen functional groups attached to an aromatic ring is 1. The molecule has 1 aromatic heterocycles. The molecule has 0 spiro atoms. The van der Waals surface area contributed by atoms with E-state index in [-0.39, 0.29) is 18.0 Å². The van der Waals surface area contributed by atoms with Crippen LogP contribution in [0.15, 0.2) is 35.7 Å². The lowest BCUT2D eigenvalue weighted by atomic mass is 9.87. The second-order valence-electron chi connectivity index (χ2n) is 5.73. The van der Waals surface area contributed by atoms with Crippen molar-refractivity contribution in [3.05, 3.63) is 51.7 Å². The molecule has 0 aliphatic rings. The maximum absolute atomic E-state index is 11.8. The monoisotopic (exact) mass is 289 g/mol. The van der Waals surface area contributed by atoms with Crippen LogP contribution < -0.4 is 5.73 Å². The van der Waals surface area contributed by atoms with Gasteiger partial charge in [0.1, 0.15) is 11.5 Å². The normalized spacial score (nSPS) is 11.3. The van der Waals surface area contributed by atoms with E-state index in [1.807, 2.05) is 12.1 Å². The Labute approximate surface area is 123 Å². The fourth-order valence-electron chi connectivity index (χ4n) is 1.80. The van der Waals surface area contributed by atoms with Crippen LogP contribution in [0.2, 0.25) is 0 Å². The summed E-state index contributed by atoms with van der Waals surface area (Å²) in [5.74, 6) is -0.364. The molecular weight excluding hydrogens is 270 g/mol. The van der Waals surface area contributed by atoms with E-state index in [2.05, 4.69) is 32.9 Å². The summed E-state index contributed by atoms with van der Waals surface area (Å²) in [6, 6.07) is 9.84. The molecule has 0 saturated carbocycles. The molecule has 0 atom stereocenters. The first-order chi connectivity index (χ1) is 9.38. The van der Waals surface area contributed by atoms with E-state index in [0.29, 0.717) is 10.6 Å². The Bertz CT molecular complexity index is 594. The molecule has 0 amide bonds. The molecule has 0 radical (unpaired) electrons. The zero-order chi connectivity index (χ0) is 14.8. The third-order valence-corrected chi connectivity index (χ3v) is 3.98. The van der Waals surface area contributed by atoms with E-state index in [1.165, 1.54) is 16.9 Å². The number of esters is 1. The van der Waals surface area contributed by atoms with Crippen LogP contribution in [-0.4, -0.2) is 5.97 Å². The van der Waals surface area contributed by atoms with Crippen molar-refractivity contribution in [2.24, 2.45) is 0 Å². The highest BCUT2D eigenvalue weighted by Gasteiger charge is 2.14. The van der Waals surface area contributed by atoms with Gasteiger partial charge in [0.15, 0.2) is 0 Å². The highest BCUT2D eigenvalue weighted by Crippen LogP contribution is 2.23. The fourth-order valence-corrected chi connectivity index (χ4v) is 2.51. The van der Waals surface area contributed by atoms with Gasteiger partial charge in [-0.3, -0.25) is 0 Å². The third kappa shape index (κ3) is 3.39. The maximum Gasteiger partial charge on any atom is 0.350 e. The molecule has 106 valence electrons. The van der Waals surface area contributed by atoms with E-state index in [4.69, 9.17) is 10.5 Å². The van der Waals surface area contributed by atoms with Crippen molar-refractivity contribution >= 4 is 23.0 Å². The first-order valence-electron chi connectivity index (χ1n) is 6.47. The molecule has 1 heterocycles. The Balaban J connectivity index is 1.98. The molecule has 4 heteroatoms. The summed E-state index contributed by atoms with van der Waals surface area (Å²) in [5, 5.41) is 1.78. The van der Waals surface area contributed by atoms with Crippen LogP contribution in [0.25, 0.3) is 0 Å². The van der Waals surface area contributed by atoms with E-state index in [0.717, 1.165) is 5.56 Å². The van der Waals surface area contributed by atoms with E-state index in [1.54, 1.807) is 11.4 Å². The van der Waals surface area contributed by atoms with Gasteiger partial charge >= 0.3 is 5.97 Å². The van der Waals surface area contributed by atoms with Crippen molar-refractivity contribution in [3.63, 3.8) is 0 Å². The summed E-state index contributed by atoms with van der Waals surface area (Å²) >= 11 is 1.30. The van der Waals surface area contributed by atoms with Gasteiger partial charge in [0.2, 0.25) is 0 Å². The first-order valence-corrected chi connectivity index (χ1v) is 7.35. The number of hydrogen-bond donors (Lipinski definition) is 1. The first kappa shape index (κ1) is 14.6. The van der Waals surface area contributed by atoms with Crippen LogP contribution >= 0.6 is 11.3 Å². The minimum atomic E-state index is -0.364. The third-order valence-electron chi connectivity index (χ3n) is 3.07. The highest BCUT2D eigenvalue weighted by atomic mass is 32.1. The number of ether oxygens (including phenoxy) is 1. The highest BCUT2D eigenvalue weighted by molar-refractivity contribution is 7.12. The number of benzene rings is 1. The zero-order valence-corrected chi connectivity index (χ0v) is 12.8. The molecule has 0 fully saturated rings. The van der Waals surface area contributed by atoms with Crippen LogP contribution in [0.4, 0.5) is 5.69 Å². The van der Waals surface area contributed by atoms with Crippen molar-refractivity contribution in [1.29, 1.82) is 0 Å². The largest absolute Gasteiger partial charge is 0.457 e. The summed E-state index contributed by atoms with van der Waals surface area (Å²) in [7, 11) is 0. The van der Waals surface area contributed by atoms with Gasteiger partial charge in [-0.15, -0.1) is 11.3 Å². The molecule has 0 saturated heterocycles. The SMILES string of the molecule is CC(C)(C)c1ccc(COC(=O)c2sccc2N)cc1. The molecule has 2 rings (SSSR count). The number of nitrogens with two attached hydrogens (primary N) is 1. The van der Waals surface area contributed by atoms with Gasteiger partial charge < -0.3 is 10.5 Å². The van der Waals surface area contributed by atoms with Crippen LogP contribution in [0.1, 0.15) is 41.6 Å². The number of carbonyl (C=O) groups is 1. The summed E-state index contributed by atoms with van der Waals surface area (Å²) in [5.41, 5.74) is 8.52. The number of rotatable bonds is 3. The molecule has 2 aromatic rings. The smallest absolute Gasteiger partial charge is 0.350 e. The van der Waals surface area contributed by atoms with Crippen LogP contribution in [0.5, 0.6) is 0 Å². The Morgan fingerprint density at radius 1 is 1.20 bits per heavy atom. The quantitative estimate of drug-likeness (QED) is 0.869. The molecular formula is C16H19NO2S. The summed E-state index contributed by atoms with van der Waals surface area (Å²) < 4.78 is 5.27. The Kier molecular flexibility index (Phi) is 4.14. The molecule has 3 nitrogen and oxygen atoms in total. The van der Waals surface area contributed by atoms with Gasteiger partial charge in [-0.1, -0.05) is 45.0 Å². The number of anilines is 1. The molecule has 0 unspecified atom stereocenters. The van der Waals surface area contributed by atoms with Crippen molar-refractivity contribution in [2.45, 2.75) is 32.8 Å². The molecule has 0 aliphatic carbocycles. The standard InChI is InChI=1S/C16H19NO2S/c1-16(2,3)12-6-4-11(5-7-12)10-19-15(18)14-13(17)8-9-20-14/h4-9H,10,17H2,1-3H3. The summed E-state index contributed by atoms with van der Waals surface area (Å²) in [4.78, 5) is 12.3. The minimum absolute atomic E-state index is 0.126. The molecule has 20 heavy (non-hydrogen) atoms. The Morgan fingerprint density at radius 2 is 1.85 bits per heavy atom. The average Bonchev–Trinajstić information content (AvgIpc) is 2.82. The number of carbonyl (C=O) groups excluding carboxylic acids is 1. The van der Waals surface area contributed by atoms with Gasteiger partial charge in [-0.2, -0.15) is 0 Å². The van der Waals surface area contributed by atoms with E-state index in [9.17, 15) is 4.79 Å². The van der Waals surface area contributed by atoms with Crippen molar-refractivity contribution in [2.75, 3.05) is 5.73 Å². The second-order valence-corrected chi connectivity index (χ2v) is 6.64. The lowest BCUT2D eigenvalue weighted by Crippen LogP contribution is -2.11. The molecule has 1 aromatic carbocycles. The van der Waals surface area contributed by atoms with Crippen molar-refractivity contribution in [3.8, 4) is 0 Å². The zero-order valence-electron chi connectivity index (χ0n) is 12.0. The Morgan fingerprint density at radius 3 is 2.35 bits per heavy atom. The summed E-state index contributed by atoms with van der Waals surface area (Å²) in [6.45, 7) is 6.77. The van der Waals surface area contributed by atoms with E-state index < -0.39 is 0 Å². The van der Waals surface area contributed by atoms with Crippen LogP contribution in [0, 0.1) is 0 Å². The predicted octanol–water partition coefficient (Wildman–Crippen LogP) is 3.98.